The van der Waals surface area contributed by atoms with Crippen molar-refractivity contribution in [3.8, 4) is 0 Å². The Morgan fingerprint density at radius 3 is 2.20 bits per heavy atom. The molecule has 0 aromatic rings. The summed E-state index contributed by atoms with van der Waals surface area (Å²) in [4.78, 5) is 0. The predicted octanol–water partition coefficient (Wildman–Crippen LogP) is 1.27. The molecule has 0 aromatic heterocycles. The molecule has 0 N–H and O–H groups in total. The molecule has 4 heteroatoms. The summed E-state index contributed by atoms with van der Waals surface area (Å²) >= 11 is -1.43. The van der Waals surface area contributed by atoms with Crippen molar-refractivity contribution in [1.29, 1.82) is 0 Å². The minimum atomic E-state index is -1.43. The van der Waals surface area contributed by atoms with Crippen molar-refractivity contribution in [3.05, 3.63) is 0 Å². The number of rotatable bonds is 0. The van der Waals surface area contributed by atoms with Gasteiger partial charge in [-0.25, -0.2) is 8.37 Å². The van der Waals surface area contributed by atoms with Gasteiger partial charge in [0.05, 0.1) is 0 Å². The maximum atomic E-state index is 10.4. The minimum Gasteiger partial charge on any atom is -0.232 e. The zero-order valence-corrected chi connectivity index (χ0v) is 6.49. The lowest BCUT2D eigenvalue weighted by molar-refractivity contribution is -0.192. The third kappa shape index (κ3) is 1.00. The van der Waals surface area contributed by atoms with Crippen LogP contribution in [-0.4, -0.2) is 10.00 Å². The first-order valence-electron chi connectivity index (χ1n) is 3.62. The summed E-state index contributed by atoms with van der Waals surface area (Å²) in [7, 11) is 0. The van der Waals surface area contributed by atoms with Crippen LogP contribution in [0.25, 0.3) is 0 Å². The molecule has 10 heavy (non-hydrogen) atoms. The van der Waals surface area contributed by atoms with Crippen molar-refractivity contribution in [2.45, 2.75) is 37.9 Å². The molecule has 1 aliphatic carbocycles. The Morgan fingerprint density at radius 2 is 1.70 bits per heavy atom. The van der Waals surface area contributed by atoms with Crippen LogP contribution in [-0.2, 0) is 19.7 Å². The Morgan fingerprint density at radius 1 is 1.10 bits per heavy atom. The van der Waals surface area contributed by atoms with Crippen LogP contribution in [0.5, 0.6) is 0 Å². The van der Waals surface area contributed by atoms with Crippen LogP contribution in [0.3, 0.4) is 0 Å². The van der Waals surface area contributed by atoms with E-state index in [-0.39, 0.29) is 0 Å². The second-order valence-electron chi connectivity index (χ2n) is 2.84. The van der Waals surface area contributed by atoms with Crippen LogP contribution in [0, 0.1) is 0 Å². The van der Waals surface area contributed by atoms with Crippen LogP contribution in [0.15, 0.2) is 0 Å². The van der Waals surface area contributed by atoms with Gasteiger partial charge in [0.15, 0.2) is 0 Å². The highest BCUT2D eigenvalue weighted by Crippen LogP contribution is 2.40. The third-order valence-electron chi connectivity index (χ3n) is 2.06. The van der Waals surface area contributed by atoms with Gasteiger partial charge in [-0.15, -0.1) is 0 Å². The van der Waals surface area contributed by atoms with Crippen LogP contribution < -0.4 is 0 Å². The van der Waals surface area contributed by atoms with Crippen LogP contribution >= 0.6 is 0 Å². The Kier molecular flexibility index (Phi) is 1.55. The first-order valence-corrected chi connectivity index (χ1v) is 4.62. The van der Waals surface area contributed by atoms with Crippen molar-refractivity contribution in [2.24, 2.45) is 0 Å². The summed E-state index contributed by atoms with van der Waals surface area (Å²) < 4.78 is 20.5. The van der Waals surface area contributed by atoms with Crippen LogP contribution in [0.1, 0.15) is 32.1 Å². The molecule has 1 spiro atoms. The molecule has 0 atom stereocenters. The van der Waals surface area contributed by atoms with Crippen molar-refractivity contribution >= 4 is 11.4 Å². The topological polar surface area (TPSA) is 35.5 Å². The average Bonchev–Trinajstić information content (AvgIpc) is 1.87. The fourth-order valence-corrected chi connectivity index (χ4v) is 2.35. The smallest absolute Gasteiger partial charge is 0.232 e. The molecule has 0 bridgehead atoms. The van der Waals surface area contributed by atoms with Gasteiger partial charge in [0, 0.05) is 12.8 Å². The molecule has 0 unspecified atom stereocenters. The first kappa shape index (κ1) is 6.76. The summed E-state index contributed by atoms with van der Waals surface area (Å²) in [5, 5.41) is 0. The third-order valence-corrected chi connectivity index (χ3v) is 2.93. The second-order valence-corrected chi connectivity index (χ2v) is 3.58. The van der Waals surface area contributed by atoms with Crippen molar-refractivity contribution in [2.75, 3.05) is 0 Å². The zero-order chi connectivity index (χ0) is 7.03. The lowest BCUT2D eigenvalue weighted by Gasteiger charge is -2.40. The van der Waals surface area contributed by atoms with Gasteiger partial charge in [0.25, 0.3) is 0 Å². The van der Waals surface area contributed by atoms with Gasteiger partial charge in [-0.2, -0.15) is 4.21 Å². The molecule has 0 radical (unpaired) electrons. The summed E-state index contributed by atoms with van der Waals surface area (Å²) in [6, 6.07) is 0. The lowest BCUT2D eigenvalue weighted by atomic mass is 9.95. The van der Waals surface area contributed by atoms with E-state index in [1.54, 1.807) is 0 Å². The summed E-state index contributed by atoms with van der Waals surface area (Å²) in [6.07, 6.45) is 5.35. The Bertz CT molecular complexity index is 152. The van der Waals surface area contributed by atoms with E-state index in [1.807, 2.05) is 0 Å². The standard InChI is InChI=1S/C6H10O3S/c7-10-8-6(9-10)4-2-1-3-5-6/h1-5H2. The molecule has 0 aromatic carbocycles. The molecule has 1 saturated heterocycles. The Labute approximate surface area is 62.6 Å². The lowest BCUT2D eigenvalue weighted by Crippen LogP contribution is -2.48. The Balaban J connectivity index is 1.96. The maximum Gasteiger partial charge on any atom is 0.310 e. The zero-order valence-electron chi connectivity index (χ0n) is 5.67. The number of hydrogen-bond donors (Lipinski definition) is 0. The minimum absolute atomic E-state index is 0.427. The molecule has 2 aliphatic rings. The molecule has 1 aliphatic heterocycles. The van der Waals surface area contributed by atoms with E-state index in [2.05, 4.69) is 0 Å². The van der Waals surface area contributed by atoms with E-state index >= 15 is 0 Å². The molecule has 2 rings (SSSR count). The maximum absolute atomic E-state index is 10.4. The fourth-order valence-electron chi connectivity index (χ4n) is 1.51. The average molecular weight is 162 g/mol. The number of hydrogen-bond acceptors (Lipinski definition) is 3. The second kappa shape index (κ2) is 2.29. The van der Waals surface area contributed by atoms with E-state index in [4.69, 9.17) is 8.37 Å². The molecule has 1 heterocycles. The van der Waals surface area contributed by atoms with Crippen molar-refractivity contribution < 1.29 is 12.6 Å². The molecule has 1 saturated carbocycles. The molecular weight excluding hydrogens is 152 g/mol. The highest BCUT2D eigenvalue weighted by molar-refractivity contribution is 7.76. The first-order chi connectivity index (χ1) is 4.81. The van der Waals surface area contributed by atoms with E-state index < -0.39 is 17.1 Å². The fraction of sp³-hybridized carbons (Fsp3) is 1.00. The van der Waals surface area contributed by atoms with Gasteiger partial charge in [-0.3, -0.25) is 0 Å². The Hall–Kier alpha value is 0.0700. The SMILES string of the molecule is O=S1OC2(CCCCC2)O1. The molecule has 0 amide bonds. The highest BCUT2D eigenvalue weighted by Gasteiger charge is 2.47. The van der Waals surface area contributed by atoms with Crippen molar-refractivity contribution in [1.82, 2.24) is 0 Å². The predicted molar refractivity (Wildman–Crippen MR) is 36.1 cm³/mol. The van der Waals surface area contributed by atoms with Crippen molar-refractivity contribution in [3.63, 3.8) is 0 Å². The van der Waals surface area contributed by atoms with Crippen LogP contribution in [0.2, 0.25) is 0 Å². The summed E-state index contributed by atoms with van der Waals surface area (Å²) in [5.74, 6) is -0.427. The van der Waals surface area contributed by atoms with Gasteiger partial charge in [-0.1, -0.05) is 6.42 Å². The molecule has 3 nitrogen and oxygen atoms in total. The molecular formula is C6H10O3S. The summed E-state index contributed by atoms with van der Waals surface area (Å²) in [6.45, 7) is 0. The van der Waals surface area contributed by atoms with E-state index in [9.17, 15) is 4.21 Å². The summed E-state index contributed by atoms with van der Waals surface area (Å²) in [5.41, 5.74) is 0. The van der Waals surface area contributed by atoms with Gasteiger partial charge < -0.3 is 0 Å². The van der Waals surface area contributed by atoms with E-state index in [0.717, 1.165) is 25.7 Å². The molecule has 2 fully saturated rings. The quantitative estimate of drug-likeness (QED) is 0.538. The van der Waals surface area contributed by atoms with Gasteiger partial charge in [0.2, 0.25) is 5.79 Å². The monoisotopic (exact) mass is 162 g/mol. The largest absolute Gasteiger partial charge is 0.310 e. The van der Waals surface area contributed by atoms with Gasteiger partial charge in [0.1, 0.15) is 0 Å². The highest BCUT2D eigenvalue weighted by atomic mass is 32.2. The van der Waals surface area contributed by atoms with E-state index in [1.165, 1.54) is 6.42 Å². The van der Waals surface area contributed by atoms with E-state index in [0.29, 0.717) is 0 Å². The van der Waals surface area contributed by atoms with Gasteiger partial charge in [-0.05, 0) is 12.8 Å². The van der Waals surface area contributed by atoms with Gasteiger partial charge >= 0.3 is 11.4 Å². The molecule has 58 valence electrons. The van der Waals surface area contributed by atoms with Crippen LogP contribution in [0.4, 0.5) is 0 Å². The normalized spacial score (nSPS) is 32.0.